The predicted octanol–water partition coefficient (Wildman–Crippen LogP) is 1.53. The molecular formula is C19H24N4O2. The molecule has 0 bridgehead atoms. The molecule has 132 valence electrons. The van der Waals surface area contributed by atoms with Crippen molar-refractivity contribution in [1.82, 2.24) is 15.2 Å². The van der Waals surface area contributed by atoms with Gasteiger partial charge >= 0.3 is 0 Å². The lowest BCUT2D eigenvalue weighted by Gasteiger charge is -2.31. The number of carbonyl (C=O) groups excluding carboxylic acids is 2. The van der Waals surface area contributed by atoms with Gasteiger partial charge in [-0.05, 0) is 44.9 Å². The Balaban J connectivity index is 1.68. The van der Waals surface area contributed by atoms with Gasteiger partial charge in [0.15, 0.2) is 0 Å². The number of amides is 2. The first kappa shape index (κ1) is 17.4. The van der Waals surface area contributed by atoms with Gasteiger partial charge in [0.05, 0.1) is 23.3 Å². The summed E-state index contributed by atoms with van der Waals surface area (Å²) in [5, 5.41) is 4.09. The number of primary amides is 1. The van der Waals surface area contributed by atoms with Gasteiger partial charge in [0.1, 0.15) is 0 Å². The minimum absolute atomic E-state index is 0.0817. The molecule has 0 radical (unpaired) electrons. The van der Waals surface area contributed by atoms with Crippen molar-refractivity contribution in [3.63, 3.8) is 0 Å². The molecule has 6 nitrogen and oxygen atoms in total. The van der Waals surface area contributed by atoms with Gasteiger partial charge in [-0.2, -0.15) is 0 Å². The topological polar surface area (TPSA) is 88.3 Å². The number of rotatable bonds is 4. The van der Waals surface area contributed by atoms with Crippen molar-refractivity contribution in [2.45, 2.75) is 32.7 Å². The Morgan fingerprint density at radius 1 is 1.24 bits per heavy atom. The molecule has 0 saturated carbocycles. The zero-order valence-electron chi connectivity index (χ0n) is 14.7. The lowest BCUT2D eigenvalue weighted by Crippen LogP contribution is -2.46. The average molecular weight is 340 g/mol. The third-order valence-corrected chi connectivity index (χ3v) is 4.71. The number of fused-ring (bicyclic) bond motifs is 1. The molecule has 2 heterocycles. The van der Waals surface area contributed by atoms with Crippen LogP contribution in [-0.2, 0) is 4.79 Å². The van der Waals surface area contributed by atoms with Gasteiger partial charge in [-0.1, -0.05) is 11.6 Å². The highest BCUT2D eigenvalue weighted by atomic mass is 16.2. The van der Waals surface area contributed by atoms with Crippen LogP contribution in [0.25, 0.3) is 10.9 Å². The largest absolute Gasteiger partial charge is 0.369 e. The smallest absolute Gasteiger partial charge is 0.253 e. The number of benzene rings is 1. The minimum Gasteiger partial charge on any atom is -0.369 e. The third kappa shape index (κ3) is 4.14. The van der Waals surface area contributed by atoms with Crippen molar-refractivity contribution in [3.8, 4) is 0 Å². The van der Waals surface area contributed by atoms with Crippen LogP contribution in [0.2, 0.25) is 0 Å². The summed E-state index contributed by atoms with van der Waals surface area (Å²) < 4.78 is 0. The van der Waals surface area contributed by atoms with Crippen LogP contribution in [-0.4, -0.2) is 47.4 Å². The molecule has 3 rings (SSSR count). The van der Waals surface area contributed by atoms with Crippen LogP contribution in [0.5, 0.6) is 0 Å². The Morgan fingerprint density at radius 2 is 1.96 bits per heavy atom. The molecule has 1 fully saturated rings. The highest BCUT2D eigenvalue weighted by Crippen LogP contribution is 2.19. The Bertz CT molecular complexity index is 810. The van der Waals surface area contributed by atoms with E-state index < -0.39 is 0 Å². The average Bonchev–Trinajstić information content (AvgIpc) is 2.56. The zero-order chi connectivity index (χ0) is 18.0. The molecule has 1 aliphatic rings. The van der Waals surface area contributed by atoms with Crippen LogP contribution < -0.4 is 11.1 Å². The Morgan fingerprint density at radius 3 is 2.64 bits per heavy atom. The summed E-state index contributed by atoms with van der Waals surface area (Å²) >= 11 is 0. The summed E-state index contributed by atoms with van der Waals surface area (Å²) in [7, 11) is 0. The molecule has 0 unspecified atom stereocenters. The molecular weight excluding hydrogens is 316 g/mol. The number of nitrogens with zero attached hydrogens (tertiary/aromatic N) is 2. The van der Waals surface area contributed by atoms with Crippen LogP contribution in [0.3, 0.4) is 0 Å². The predicted molar refractivity (Wildman–Crippen MR) is 97.3 cm³/mol. The first-order chi connectivity index (χ1) is 11.9. The number of likely N-dealkylation sites (tertiary alicyclic amines) is 1. The number of aryl methyl sites for hydroxylation is 2. The van der Waals surface area contributed by atoms with Crippen molar-refractivity contribution in [1.29, 1.82) is 0 Å². The minimum atomic E-state index is -0.310. The molecule has 2 amide bonds. The van der Waals surface area contributed by atoms with Gasteiger partial charge in [0.25, 0.3) is 5.91 Å². The highest BCUT2D eigenvalue weighted by molar-refractivity contribution is 5.98. The molecule has 1 saturated heterocycles. The van der Waals surface area contributed by atoms with Gasteiger partial charge in [0, 0.05) is 24.5 Å². The van der Waals surface area contributed by atoms with Crippen LogP contribution in [0.1, 0.15) is 34.5 Å². The van der Waals surface area contributed by atoms with Crippen molar-refractivity contribution < 1.29 is 9.59 Å². The maximum atomic E-state index is 12.7. The Kier molecular flexibility index (Phi) is 4.99. The van der Waals surface area contributed by atoms with Gasteiger partial charge in [-0.25, -0.2) is 0 Å². The van der Waals surface area contributed by atoms with Crippen LogP contribution in [0, 0.1) is 13.8 Å². The molecule has 3 N–H and O–H groups in total. The highest BCUT2D eigenvalue weighted by Gasteiger charge is 2.22. The van der Waals surface area contributed by atoms with Gasteiger partial charge in [-0.3, -0.25) is 19.5 Å². The normalized spacial score (nSPS) is 16.1. The number of piperidine rings is 1. The zero-order valence-corrected chi connectivity index (χ0v) is 14.7. The second kappa shape index (κ2) is 7.19. The fraction of sp³-hybridized carbons (Fsp3) is 0.421. The van der Waals surface area contributed by atoms with Crippen molar-refractivity contribution >= 4 is 22.7 Å². The van der Waals surface area contributed by atoms with Gasteiger partial charge in [-0.15, -0.1) is 0 Å². The van der Waals surface area contributed by atoms with Crippen molar-refractivity contribution in [2.75, 3.05) is 19.6 Å². The fourth-order valence-corrected chi connectivity index (χ4v) is 3.34. The maximum Gasteiger partial charge on any atom is 0.253 e. The van der Waals surface area contributed by atoms with E-state index in [9.17, 15) is 9.59 Å². The van der Waals surface area contributed by atoms with Crippen LogP contribution in [0.4, 0.5) is 0 Å². The van der Waals surface area contributed by atoms with E-state index in [4.69, 9.17) is 5.73 Å². The van der Waals surface area contributed by atoms with E-state index in [-0.39, 0.29) is 24.4 Å². The van der Waals surface area contributed by atoms with Crippen LogP contribution >= 0.6 is 0 Å². The molecule has 1 aromatic heterocycles. The number of nitrogens with one attached hydrogen (secondary N) is 1. The molecule has 25 heavy (non-hydrogen) atoms. The van der Waals surface area contributed by atoms with E-state index in [1.54, 1.807) is 0 Å². The standard InChI is InChI=1S/C19H24N4O2/c1-12-3-4-17-14(9-12)10-16(13(2)21-17)19(25)22-15-5-7-23(8-6-15)11-18(20)24/h3-4,9-10,15H,5-8,11H2,1-2H3,(H2,20,24)(H,22,25). The van der Waals surface area contributed by atoms with E-state index in [2.05, 4.69) is 10.3 Å². The Labute approximate surface area is 147 Å². The first-order valence-electron chi connectivity index (χ1n) is 8.62. The molecule has 2 aromatic rings. The number of carbonyl (C=O) groups is 2. The Hall–Kier alpha value is -2.47. The van der Waals surface area contributed by atoms with E-state index in [0.717, 1.165) is 48.1 Å². The summed E-state index contributed by atoms with van der Waals surface area (Å²) in [5.41, 5.74) is 8.64. The molecule has 1 aromatic carbocycles. The number of hydrogen-bond acceptors (Lipinski definition) is 4. The quantitative estimate of drug-likeness (QED) is 0.883. The van der Waals surface area contributed by atoms with E-state index >= 15 is 0 Å². The molecule has 1 aliphatic heterocycles. The second-order valence-electron chi connectivity index (χ2n) is 6.81. The molecule has 6 heteroatoms. The van der Waals surface area contributed by atoms with Gasteiger partial charge < -0.3 is 11.1 Å². The molecule has 0 spiro atoms. The fourth-order valence-electron chi connectivity index (χ4n) is 3.34. The van der Waals surface area contributed by atoms with E-state index in [1.807, 2.05) is 43.0 Å². The summed E-state index contributed by atoms with van der Waals surface area (Å²) in [6.07, 6.45) is 1.64. The lowest BCUT2D eigenvalue weighted by molar-refractivity contribution is -0.119. The first-order valence-corrected chi connectivity index (χ1v) is 8.62. The van der Waals surface area contributed by atoms with Crippen molar-refractivity contribution in [3.05, 3.63) is 41.1 Å². The summed E-state index contributed by atoms with van der Waals surface area (Å²) in [6.45, 7) is 5.71. The lowest BCUT2D eigenvalue weighted by atomic mass is 10.0. The number of pyridine rings is 1. The summed E-state index contributed by atoms with van der Waals surface area (Å²) in [4.78, 5) is 30.2. The van der Waals surface area contributed by atoms with E-state index in [0.29, 0.717) is 5.56 Å². The molecule has 0 atom stereocenters. The van der Waals surface area contributed by atoms with Gasteiger partial charge in [0.2, 0.25) is 5.91 Å². The third-order valence-electron chi connectivity index (χ3n) is 4.71. The summed E-state index contributed by atoms with van der Waals surface area (Å²) in [5.74, 6) is -0.391. The second-order valence-corrected chi connectivity index (χ2v) is 6.81. The number of hydrogen-bond donors (Lipinski definition) is 2. The number of nitrogens with two attached hydrogens (primary N) is 1. The number of aromatic nitrogens is 1. The maximum absolute atomic E-state index is 12.7. The summed E-state index contributed by atoms with van der Waals surface area (Å²) in [6, 6.07) is 8.08. The van der Waals surface area contributed by atoms with Crippen molar-refractivity contribution in [2.24, 2.45) is 5.73 Å². The van der Waals surface area contributed by atoms with Crippen LogP contribution in [0.15, 0.2) is 24.3 Å². The van der Waals surface area contributed by atoms with E-state index in [1.165, 1.54) is 0 Å². The molecule has 0 aliphatic carbocycles. The SMILES string of the molecule is Cc1ccc2nc(C)c(C(=O)NC3CCN(CC(N)=O)CC3)cc2c1. The monoisotopic (exact) mass is 340 g/mol.